The van der Waals surface area contributed by atoms with Gasteiger partial charge >= 0.3 is 17.6 Å². The van der Waals surface area contributed by atoms with E-state index in [0.29, 0.717) is 28.4 Å². The minimum Gasteiger partial charge on any atom is -0.493 e. The number of hydrogen-bond acceptors (Lipinski definition) is 9. The number of aliphatic carboxylic acids is 2. The number of nitro benzene ring substituents is 1. The fraction of sp³-hybridized carbons (Fsp3) is 0.250. The largest absolute Gasteiger partial charge is 0.493 e. The van der Waals surface area contributed by atoms with Crippen LogP contribution in [-0.4, -0.2) is 65.3 Å². The summed E-state index contributed by atoms with van der Waals surface area (Å²) in [7, 11) is 6.05. The van der Waals surface area contributed by atoms with Gasteiger partial charge in [-0.1, -0.05) is 18.2 Å². The molecule has 0 spiro atoms. The summed E-state index contributed by atoms with van der Waals surface area (Å²) in [6.45, 7) is 1.40. The minimum atomic E-state index is -1.51. The van der Waals surface area contributed by atoms with E-state index < -0.39 is 22.3 Å². The molecule has 3 aromatic rings. The van der Waals surface area contributed by atoms with E-state index in [0.717, 1.165) is 5.69 Å². The average molecular weight is 568 g/mol. The molecule has 0 saturated carbocycles. The number of nitrogens with zero attached hydrogens (tertiary/aromatic N) is 3. The van der Waals surface area contributed by atoms with Gasteiger partial charge in [0, 0.05) is 36.2 Å². The van der Waals surface area contributed by atoms with Crippen molar-refractivity contribution >= 4 is 23.2 Å². The number of carboxylic acid groups (broad SMARTS) is 2. The average Bonchev–Trinajstić information content (AvgIpc) is 3.51. The summed E-state index contributed by atoms with van der Waals surface area (Å²) in [5, 5.41) is 34.0. The third-order valence-electron chi connectivity index (χ3n) is 6.44. The third-order valence-corrected chi connectivity index (χ3v) is 6.44. The molecule has 2 N–H and O–H groups in total. The molecule has 0 fully saturated rings. The molecular formula is C28H29N3O10. The highest BCUT2D eigenvalue weighted by atomic mass is 16.6. The van der Waals surface area contributed by atoms with Crippen LogP contribution < -0.4 is 18.9 Å². The molecule has 41 heavy (non-hydrogen) atoms. The topological polar surface area (TPSA) is 172 Å². The Morgan fingerprint density at radius 1 is 0.976 bits per heavy atom. The molecule has 1 aliphatic rings. The van der Waals surface area contributed by atoms with Crippen LogP contribution in [0.15, 0.2) is 66.5 Å². The number of ether oxygens (including phenoxy) is 4. The second-order valence-electron chi connectivity index (χ2n) is 8.87. The number of methoxy groups -OCH3 is 4. The Balaban J connectivity index is 0.000000239. The Morgan fingerprint density at radius 3 is 2.07 bits per heavy atom. The van der Waals surface area contributed by atoms with E-state index in [2.05, 4.69) is 5.10 Å². The van der Waals surface area contributed by atoms with Gasteiger partial charge in [-0.3, -0.25) is 14.9 Å². The van der Waals surface area contributed by atoms with Gasteiger partial charge in [-0.15, -0.1) is 0 Å². The Bertz CT molecular complexity index is 1490. The Kier molecular flexibility index (Phi) is 9.35. The van der Waals surface area contributed by atoms with Crippen LogP contribution in [0.25, 0.3) is 11.3 Å². The first-order valence-corrected chi connectivity index (χ1v) is 12.0. The summed E-state index contributed by atoms with van der Waals surface area (Å²) in [5.41, 5.74) is -0.364. The summed E-state index contributed by atoms with van der Waals surface area (Å²) >= 11 is 0. The van der Waals surface area contributed by atoms with Crippen LogP contribution in [0, 0.1) is 15.5 Å². The summed E-state index contributed by atoms with van der Waals surface area (Å²) in [5.74, 6) is -0.558. The Hall–Kier alpha value is -5.33. The van der Waals surface area contributed by atoms with Gasteiger partial charge in [0.25, 0.3) is 0 Å². The fourth-order valence-corrected chi connectivity index (χ4v) is 4.28. The number of benzene rings is 2. The van der Waals surface area contributed by atoms with Gasteiger partial charge < -0.3 is 29.2 Å². The highest BCUT2D eigenvalue weighted by Gasteiger charge is 2.42. The third kappa shape index (κ3) is 6.30. The van der Waals surface area contributed by atoms with Gasteiger partial charge in [-0.2, -0.15) is 5.10 Å². The number of carbonyl (C=O) groups is 2. The lowest BCUT2D eigenvalue weighted by Gasteiger charge is -2.31. The maximum absolute atomic E-state index is 11.8. The van der Waals surface area contributed by atoms with E-state index in [9.17, 15) is 24.8 Å². The quantitative estimate of drug-likeness (QED) is 0.277. The highest BCUT2D eigenvalue weighted by molar-refractivity contribution is 5.98. The first-order chi connectivity index (χ1) is 19.5. The van der Waals surface area contributed by atoms with Crippen molar-refractivity contribution in [1.82, 2.24) is 9.78 Å². The molecule has 13 nitrogen and oxygen atoms in total. The predicted octanol–water partition coefficient (Wildman–Crippen LogP) is 4.39. The van der Waals surface area contributed by atoms with Gasteiger partial charge in [-0.25, -0.2) is 9.48 Å². The van der Waals surface area contributed by atoms with Gasteiger partial charge in [0.05, 0.1) is 44.5 Å². The maximum Gasteiger partial charge on any atom is 0.331 e. The molecular weight excluding hydrogens is 538 g/mol. The molecule has 0 radical (unpaired) electrons. The normalized spacial score (nSPS) is 15.8. The van der Waals surface area contributed by atoms with Crippen LogP contribution in [0.4, 0.5) is 5.69 Å². The van der Waals surface area contributed by atoms with Crippen molar-refractivity contribution in [1.29, 1.82) is 0 Å². The number of carboxylic acids is 2. The number of aromatic nitrogens is 2. The van der Waals surface area contributed by atoms with Crippen LogP contribution in [-0.2, 0) is 9.59 Å². The molecule has 1 heterocycles. The first-order valence-electron chi connectivity index (χ1n) is 12.0. The summed E-state index contributed by atoms with van der Waals surface area (Å²) in [6, 6.07) is 9.66. The monoisotopic (exact) mass is 567 g/mol. The molecule has 216 valence electrons. The second-order valence-corrected chi connectivity index (χ2v) is 8.87. The van der Waals surface area contributed by atoms with Crippen molar-refractivity contribution in [2.75, 3.05) is 28.4 Å². The second kappa shape index (κ2) is 12.7. The van der Waals surface area contributed by atoms with E-state index in [1.54, 1.807) is 32.2 Å². The lowest BCUT2D eigenvalue weighted by atomic mass is 9.71. The molecule has 1 aromatic heterocycles. The zero-order valence-corrected chi connectivity index (χ0v) is 23.0. The maximum atomic E-state index is 11.8. The zero-order chi connectivity index (χ0) is 30.3. The van der Waals surface area contributed by atoms with E-state index >= 15 is 0 Å². The standard InChI is InChI=1S/C16H15NO7.C12H14N2O3/c1-16(15(20)21)8-10(14(18)19)3-5-11(16)9-4-6-13(24-2)12(7-9)17(22)23;1-15-10-7-9(14-6-4-5-13-14)8-11(16-2)12(10)17-3/h3-7H,8H2,1-2H3,(H,18,19)(H,20,21);4-8H,1-3H3. The molecule has 0 amide bonds. The van der Waals surface area contributed by atoms with Gasteiger partial charge in [-0.05, 0) is 36.6 Å². The Labute approximate surface area is 235 Å². The van der Waals surface area contributed by atoms with Crippen molar-refractivity contribution in [3.05, 3.63) is 82.2 Å². The van der Waals surface area contributed by atoms with E-state index in [1.165, 1.54) is 44.4 Å². The van der Waals surface area contributed by atoms with E-state index in [1.807, 2.05) is 24.4 Å². The zero-order valence-electron chi connectivity index (χ0n) is 23.0. The number of nitro groups is 1. The van der Waals surface area contributed by atoms with Crippen molar-refractivity contribution < 1.29 is 43.7 Å². The predicted molar refractivity (Wildman–Crippen MR) is 147 cm³/mol. The van der Waals surface area contributed by atoms with E-state index in [-0.39, 0.29) is 23.4 Å². The molecule has 0 bridgehead atoms. The summed E-state index contributed by atoms with van der Waals surface area (Å²) in [6.07, 6.45) is 6.04. The van der Waals surface area contributed by atoms with Crippen molar-refractivity contribution in [2.24, 2.45) is 5.41 Å². The van der Waals surface area contributed by atoms with Crippen LogP contribution in [0.2, 0.25) is 0 Å². The molecule has 0 saturated heterocycles. The van der Waals surface area contributed by atoms with E-state index in [4.69, 9.17) is 24.1 Å². The van der Waals surface area contributed by atoms with Gasteiger partial charge in [0.1, 0.15) is 0 Å². The molecule has 1 atom stereocenters. The Morgan fingerprint density at radius 2 is 1.61 bits per heavy atom. The number of rotatable bonds is 9. The molecule has 4 rings (SSSR count). The lowest BCUT2D eigenvalue weighted by Crippen LogP contribution is -2.32. The number of hydrogen-bond donors (Lipinski definition) is 2. The van der Waals surface area contributed by atoms with Crippen molar-refractivity contribution in [2.45, 2.75) is 13.3 Å². The van der Waals surface area contributed by atoms with Crippen LogP contribution in [0.5, 0.6) is 23.0 Å². The molecule has 1 unspecified atom stereocenters. The van der Waals surface area contributed by atoms with Crippen LogP contribution >= 0.6 is 0 Å². The summed E-state index contributed by atoms with van der Waals surface area (Å²) in [4.78, 5) is 33.4. The molecule has 13 heteroatoms. The number of allylic oxidation sites excluding steroid dienone is 2. The van der Waals surface area contributed by atoms with Gasteiger partial charge in [0.2, 0.25) is 5.75 Å². The molecule has 0 aliphatic heterocycles. The van der Waals surface area contributed by atoms with Gasteiger partial charge in [0.15, 0.2) is 17.2 Å². The lowest BCUT2D eigenvalue weighted by molar-refractivity contribution is -0.385. The SMILES string of the molecule is COc1cc(-n2cccn2)cc(OC)c1OC.COc1ccc(C2=CC=C(C(=O)O)CC2(C)C(=O)O)cc1[N+](=O)[O-]. The summed E-state index contributed by atoms with van der Waals surface area (Å²) < 4.78 is 22.5. The van der Waals surface area contributed by atoms with Crippen molar-refractivity contribution in [3.8, 4) is 28.7 Å². The molecule has 1 aliphatic carbocycles. The minimum absolute atomic E-state index is 0.0355. The highest BCUT2D eigenvalue weighted by Crippen LogP contribution is 2.45. The first kappa shape index (κ1) is 30.2. The van der Waals surface area contributed by atoms with Crippen molar-refractivity contribution in [3.63, 3.8) is 0 Å². The molecule has 2 aromatic carbocycles. The fourth-order valence-electron chi connectivity index (χ4n) is 4.28. The van der Waals surface area contributed by atoms with Crippen LogP contribution in [0.1, 0.15) is 18.9 Å². The smallest absolute Gasteiger partial charge is 0.331 e. The van der Waals surface area contributed by atoms with Crippen LogP contribution in [0.3, 0.4) is 0 Å².